The van der Waals surface area contributed by atoms with E-state index < -0.39 is 389 Å². The third kappa shape index (κ3) is 23.3. The molecule has 25 N–H and O–H groups in total. The molecular weight excluding hydrogens is 1990 g/mol. The molecule has 0 aromatic heterocycles. The lowest BCUT2D eigenvalue weighted by Crippen LogP contribution is -2.70. The number of carbonyl (C=O) groups excluding carboxylic acids is 3. The highest BCUT2D eigenvalue weighted by atomic mass is 16.8. The number of fused-ring (bicyclic) bond motifs is 7. The van der Waals surface area contributed by atoms with Crippen LogP contribution < -0.4 is 0 Å². The number of allylic oxidation sites excluding steroid dienone is 4. The van der Waals surface area contributed by atoms with Crippen LogP contribution in [-0.4, -0.2) is 472 Å². The summed E-state index contributed by atoms with van der Waals surface area (Å²) >= 11 is 0. The molecule has 4 saturated carbocycles. The molecule has 0 radical (unpaired) electrons. The van der Waals surface area contributed by atoms with E-state index in [4.69, 9.17) is 94.7 Å². The lowest BCUT2D eigenvalue weighted by atomic mass is 9.33. The van der Waals surface area contributed by atoms with Crippen LogP contribution in [0.25, 0.3) is 0 Å². The summed E-state index contributed by atoms with van der Waals surface area (Å²) in [5.74, 6) is -4.41. The van der Waals surface area contributed by atoms with Crippen molar-refractivity contribution in [3.8, 4) is 0 Å². The van der Waals surface area contributed by atoms with Crippen LogP contribution in [0.15, 0.2) is 60.3 Å². The molecule has 0 aromatic rings. The average molecular weight is 2160 g/mol. The third-order valence-electron chi connectivity index (χ3n) is 35.6. The maximum Gasteiger partial charge on any atom is 0.333 e. The molecular formula is C102H162O48. The highest BCUT2D eigenvalue weighted by Crippen LogP contribution is 2.77. The number of hydrogen-bond donors (Lipinski definition) is 25. The predicted molar refractivity (Wildman–Crippen MR) is 506 cm³/mol. The van der Waals surface area contributed by atoms with Crippen molar-refractivity contribution >= 4 is 17.9 Å². The molecule has 14 rings (SSSR count). The van der Waals surface area contributed by atoms with Gasteiger partial charge in [-0.25, -0.2) is 9.59 Å². The van der Waals surface area contributed by atoms with Crippen LogP contribution in [0.2, 0.25) is 0 Å². The van der Waals surface area contributed by atoms with E-state index in [-0.39, 0.29) is 67.9 Å². The summed E-state index contributed by atoms with van der Waals surface area (Å²) < 4.78 is 122. The van der Waals surface area contributed by atoms with E-state index in [9.17, 15) is 132 Å². The van der Waals surface area contributed by atoms with Gasteiger partial charge in [0.05, 0.1) is 80.9 Å². The van der Waals surface area contributed by atoms with Crippen molar-refractivity contribution in [1.29, 1.82) is 0 Å². The van der Waals surface area contributed by atoms with Crippen LogP contribution in [0.1, 0.15) is 181 Å². The molecule has 5 aliphatic carbocycles. The Kier molecular flexibility index (Phi) is 38.2. The molecule has 0 spiro atoms. The Bertz CT molecular complexity index is 4640. The van der Waals surface area contributed by atoms with E-state index in [0.29, 0.717) is 25.7 Å². The van der Waals surface area contributed by atoms with Crippen LogP contribution >= 0.6 is 0 Å². The molecule has 150 heavy (non-hydrogen) atoms. The Labute approximate surface area is 869 Å². The quantitative estimate of drug-likeness (QED) is 0.00960. The minimum absolute atomic E-state index is 0.00236. The van der Waals surface area contributed by atoms with Gasteiger partial charge in [-0.3, -0.25) is 4.79 Å². The summed E-state index contributed by atoms with van der Waals surface area (Å²) in [5.41, 5.74) is -8.17. The Morgan fingerprint density at radius 1 is 0.413 bits per heavy atom. The van der Waals surface area contributed by atoms with Crippen molar-refractivity contribution in [2.75, 3.05) is 33.0 Å². The zero-order chi connectivity index (χ0) is 110. The number of aliphatic hydroxyl groups is 25. The zero-order valence-electron chi connectivity index (χ0n) is 87.2. The monoisotopic (exact) mass is 2160 g/mol. The summed E-state index contributed by atoms with van der Waals surface area (Å²) in [6.07, 6.45) is -67.2. The van der Waals surface area contributed by atoms with Crippen molar-refractivity contribution in [3.05, 3.63) is 60.3 Å². The lowest BCUT2D eigenvalue weighted by Gasteiger charge is -2.72. The van der Waals surface area contributed by atoms with Crippen molar-refractivity contribution in [2.45, 2.75) is 475 Å². The zero-order valence-corrected chi connectivity index (χ0v) is 87.2. The standard InChI is InChI=1S/C102H162O48/c1-18-97(13,149-89-75(125)65(115)58(108)42(5)134-89)29-21-23-41(4)84(129)143-78-44(7)137-90(77(127)71(78)121)150-98(14,19-2)28-20-22-40(3)83(128)141-57-34-102(94(130)148-93-82(68(118)63(113)51(36-104)139-93)146-87-76(126)70(120)79(45(8)136-87)144-85-72(122)60(110)48(105)37-131-85)47(32-95(57,9)10)46-24-25-54-99(15)30-27-56(96(11,12)53(99)26-31-100(54,16)101(46,17)33-55(102)107)142-92-81(147-88-74(124)66(116)62(112)50(35-103)138-88)69(119)64(114)52(140-92)39-133-91-80(67(117)59(109)43(6)135-91)145-86-73(123)61(111)49(106)38-132-86/h18-19,22-24,42-45,47-82,85-93,103-127H,1-2,20-21,25-39H2,3-17H3/b40-22+,41-23+/t42-,43-,44-,45+,47-,48-,49+,50-,51-,52-,53+,54-,55-,56+,57+,58-,59+,60+,61+,62-,63-,64-,65+,66+,67+,68+,69+,70+,71-,72-,73-,74-,75-,76-,77-,78-,79+,80-,81-,82-,85+,86+,87+,88+,89+,90+,91-,92+,93+,97-,98-,99+,100-,101-,102-/m1/s1. The summed E-state index contributed by atoms with van der Waals surface area (Å²) in [6, 6.07) is 0. The molecule has 48 heteroatoms. The second kappa shape index (κ2) is 47.4. The van der Waals surface area contributed by atoms with E-state index in [1.54, 1.807) is 26.0 Å². The minimum atomic E-state index is -2.17. The Morgan fingerprint density at radius 2 is 0.833 bits per heavy atom. The molecule has 0 bridgehead atoms. The van der Waals surface area contributed by atoms with E-state index >= 15 is 9.59 Å². The van der Waals surface area contributed by atoms with E-state index in [2.05, 4.69) is 40.0 Å². The fraction of sp³-hybridized carbons (Fsp3) is 0.873. The molecule has 0 unspecified atom stereocenters. The second-order valence-electron chi connectivity index (χ2n) is 46.2. The van der Waals surface area contributed by atoms with Gasteiger partial charge >= 0.3 is 17.9 Å². The smallest absolute Gasteiger partial charge is 0.333 e. The van der Waals surface area contributed by atoms with Gasteiger partial charge in [0.15, 0.2) is 62.5 Å². The fourth-order valence-electron chi connectivity index (χ4n) is 25.5. The Balaban J connectivity index is 0.710. The van der Waals surface area contributed by atoms with Gasteiger partial charge in [-0.2, -0.15) is 0 Å². The SMILES string of the molecule is C=C[C@](C)(CC/C=C(\C)C(=O)O[C@H]1[C@H](O)[C@@H](O)[C@H](O[C@](C)(C=C)CC/C=C(\C)C(=O)O[C@H]2C[C@]3(C(=O)O[C@@H]4O[C@H](CO)[C@@H](O)[C@H](O)[C@H]4O[C@@H]4O[C@@H](C)[C@H](O[C@@H]5OC[C@@H](O)[C@H](O)[C@H]5O)[C@@H](O)[C@H]4O)[C@H](O)C[C@]4(C)C(=CC[C@@H]5[C@@]6(C)CC[C@H](O[C@@H]7O[C@H](CO[C@@H]8O[C@H](C)[C@H](O)[C@H](O)[C@H]8O[C@@H]8OC[C@H](O)[C@H](O)[C@H]8O)[C@@H](O)[C@H](O)[C@H]7O[C@@H]7O[C@H](CO)[C@@H](O)[C@H](O)[C@H]7O)C(C)(C)[C@@H]6CC[C@]54C)[C@H]3CC2(C)C)O[C@@H]1C)O[C@@H]1O[C@H](C)[C@@H](O)[C@H](O)[C@H]1O. The van der Waals surface area contributed by atoms with Crippen molar-refractivity contribution in [2.24, 2.45) is 50.2 Å². The Morgan fingerprint density at radius 3 is 1.39 bits per heavy atom. The second-order valence-corrected chi connectivity index (χ2v) is 46.2. The maximum absolute atomic E-state index is 16.7. The highest BCUT2D eigenvalue weighted by molar-refractivity contribution is 5.88. The van der Waals surface area contributed by atoms with Gasteiger partial charge in [-0.15, -0.1) is 13.2 Å². The van der Waals surface area contributed by atoms with Gasteiger partial charge in [0.25, 0.3) is 0 Å². The summed E-state index contributed by atoms with van der Waals surface area (Å²) in [4.78, 5) is 45.4. The number of hydrogen-bond acceptors (Lipinski definition) is 48. The fourth-order valence-corrected chi connectivity index (χ4v) is 25.5. The van der Waals surface area contributed by atoms with Gasteiger partial charge < -0.3 is 222 Å². The van der Waals surface area contributed by atoms with E-state index in [1.807, 2.05) is 27.7 Å². The number of esters is 3. The van der Waals surface area contributed by atoms with Gasteiger partial charge in [-0.05, 0) is 165 Å². The molecule has 9 saturated heterocycles. The maximum atomic E-state index is 16.7. The van der Waals surface area contributed by atoms with Crippen molar-refractivity contribution < 1.29 is 237 Å². The van der Waals surface area contributed by atoms with Gasteiger partial charge in [0.2, 0.25) is 6.29 Å². The van der Waals surface area contributed by atoms with E-state index in [1.165, 1.54) is 53.7 Å². The average Bonchev–Trinajstić information content (AvgIpc) is 0.665. The molecule has 14 aliphatic rings. The van der Waals surface area contributed by atoms with Crippen LogP contribution in [0.3, 0.4) is 0 Å². The minimum Gasteiger partial charge on any atom is -0.458 e. The largest absolute Gasteiger partial charge is 0.458 e. The first-order valence-corrected chi connectivity index (χ1v) is 52.1. The Hall–Kier alpha value is -4.57. The van der Waals surface area contributed by atoms with Crippen molar-refractivity contribution in [3.63, 3.8) is 0 Å². The predicted octanol–water partition coefficient (Wildman–Crippen LogP) is -5.16. The molecule has 55 atom stereocenters. The van der Waals surface area contributed by atoms with Gasteiger partial charge in [0, 0.05) is 23.0 Å². The summed E-state index contributed by atoms with van der Waals surface area (Å²) in [5, 5.41) is 280. The highest BCUT2D eigenvalue weighted by Gasteiger charge is 2.75. The van der Waals surface area contributed by atoms with Gasteiger partial charge in [-0.1, -0.05) is 84.4 Å². The first-order valence-electron chi connectivity index (χ1n) is 52.1. The third-order valence-corrected chi connectivity index (χ3v) is 35.6. The first kappa shape index (κ1) is 121. The van der Waals surface area contributed by atoms with Crippen LogP contribution in [0, 0.1) is 50.2 Å². The molecule has 0 amide bonds. The molecule has 13 fully saturated rings. The molecule has 9 heterocycles. The molecule has 48 nitrogen and oxygen atoms in total. The van der Waals surface area contributed by atoms with Gasteiger partial charge in [0.1, 0.15) is 182 Å². The number of rotatable bonds is 33. The summed E-state index contributed by atoms with van der Waals surface area (Å²) in [7, 11) is 0. The molecule has 0 aromatic carbocycles. The van der Waals surface area contributed by atoms with Crippen molar-refractivity contribution in [1.82, 2.24) is 0 Å². The molecule has 9 aliphatic heterocycles. The van der Waals surface area contributed by atoms with Crippen LogP contribution in [0.4, 0.5) is 0 Å². The van der Waals surface area contributed by atoms with Crippen LogP contribution in [0.5, 0.6) is 0 Å². The topological polar surface area (TPSA) is 742 Å². The lowest BCUT2D eigenvalue weighted by molar-refractivity contribution is -0.385. The number of ether oxygens (including phenoxy) is 20. The normalized spacial score (nSPS) is 49.7. The number of aliphatic hydroxyl groups excluding tert-OH is 25. The number of carbonyl (C=O) groups is 3. The van der Waals surface area contributed by atoms with E-state index in [0.717, 1.165) is 5.57 Å². The summed E-state index contributed by atoms with van der Waals surface area (Å²) in [6.45, 7) is 30.4. The molecule has 858 valence electrons. The van der Waals surface area contributed by atoms with Crippen LogP contribution in [-0.2, 0) is 109 Å². The first-order chi connectivity index (χ1) is 70.2.